The molecule has 0 bridgehead atoms. The number of alkyl halides is 1. The minimum atomic E-state index is -0.624. The van der Waals surface area contributed by atoms with E-state index in [1.165, 1.54) is 4.68 Å². The fourth-order valence-corrected chi connectivity index (χ4v) is 0.555. The average molecular weight is 130 g/mol. The van der Waals surface area contributed by atoms with Gasteiger partial charge in [-0.3, -0.25) is 0 Å². The lowest BCUT2D eigenvalue weighted by molar-refractivity contribution is 0.449. The molecule has 0 radical (unpaired) electrons. The smallest absolute Gasteiger partial charge is 0.239 e. The Bertz CT molecular complexity index is 206. The normalized spacial score (nSPS) is 10.0. The highest BCUT2D eigenvalue weighted by Gasteiger charge is 2.00. The Morgan fingerprint density at radius 1 is 1.78 bits per heavy atom. The number of halogens is 1. The lowest BCUT2D eigenvalue weighted by Gasteiger charge is -1.87. The molecule has 0 aliphatic heterocycles. The maximum absolute atomic E-state index is 11.8. The molecule has 2 N–H and O–H groups in total. The Labute approximate surface area is 51.5 Å². The highest BCUT2D eigenvalue weighted by Crippen LogP contribution is 1.97. The summed E-state index contributed by atoms with van der Waals surface area (Å²) in [5.74, 6) is 0.373. The van der Waals surface area contributed by atoms with Crippen molar-refractivity contribution in [3.05, 3.63) is 5.82 Å². The first-order chi connectivity index (χ1) is 4.24. The molecule has 9 heavy (non-hydrogen) atoms. The molecule has 0 spiro atoms. The van der Waals surface area contributed by atoms with Crippen LogP contribution in [0.15, 0.2) is 0 Å². The van der Waals surface area contributed by atoms with Crippen molar-refractivity contribution in [2.75, 3.05) is 5.73 Å². The van der Waals surface area contributed by atoms with Gasteiger partial charge in [-0.15, -0.1) is 5.10 Å². The highest BCUT2D eigenvalue weighted by molar-refractivity contribution is 5.13. The number of nitrogens with two attached hydrogens (primary N) is 1. The van der Waals surface area contributed by atoms with Crippen molar-refractivity contribution in [2.24, 2.45) is 7.05 Å². The molecule has 0 aliphatic carbocycles. The molecule has 5 heteroatoms. The number of hydrogen-bond acceptors (Lipinski definition) is 3. The summed E-state index contributed by atoms with van der Waals surface area (Å²) in [6.45, 7) is -0.624. The molecule has 0 atom stereocenters. The van der Waals surface area contributed by atoms with E-state index in [4.69, 9.17) is 5.73 Å². The maximum Gasteiger partial charge on any atom is 0.239 e. The number of nitrogen functional groups attached to an aromatic ring is 1. The Morgan fingerprint density at radius 2 is 2.44 bits per heavy atom. The Morgan fingerprint density at radius 3 is 2.67 bits per heavy atom. The quantitative estimate of drug-likeness (QED) is 0.576. The van der Waals surface area contributed by atoms with Gasteiger partial charge in [0.15, 0.2) is 5.82 Å². The van der Waals surface area contributed by atoms with E-state index in [1.54, 1.807) is 7.05 Å². The molecule has 4 nitrogen and oxygen atoms in total. The third-order valence-electron chi connectivity index (χ3n) is 0.989. The van der Waals surface area contributed by atoms with E-state index in [0.29, 0.717) is 0 Å². The van der Waals surface area contributed by atoms with Crippen molar-refractivity contribution in [2.45, 2.75) is 6.67 Å². The van der Waals surface area contributed by atoms with Crippen molar-refractivity contribution in [1.82, 2.24) is 14.8 Å². The van der Waals surface area contributed by atoms with E-state index in [9.17, 15) is 4.39 Å². The van der Waals surface area contributed by atoms with E-state index < -0.39 is 6.67 Å². The van der Waals surface area contributed by atoms with E-state index >= 15 is 0 Å². The summed E-state index contributed by atoms with van der Waals surface area (Å²) in [5.41, 5.74) is 5.15. The van der Waals surface area contributed by atoms with E-state index in [0.717, 1.165) is 0 Å². The van der Waals surface area contributed by atoms with Crippen LogP contribution >= 0.6 is 0 Å². The van der Waals surface area contributed by atoms with Crippen molar-refractivity contribution in [1.29, 1.82) is 0 Å². The SMILES string of the molecule is Cn1nc(N)nc1CF. The van der Waals surface area contributed by atoms with Crippen LogP contribution in [0.3, 0.4) is 0 Å². The molecular weight excluding hydrogens is 123 g/mol. The fraction of sp³-hybridized carbons (Fsp3) is 0.500. The number of anilines is 1. The summed E-state index contributed by atoms with van der Waals surface area (Å²) in [5, 5.41) is 3.63. The number of aryl methyl sites for hydroxylation is 1. The first kappa shape index (κ1) is 6.00. The third-order valence-corrected chi connectivity index (χ3v) is 0.989. The molecular formula is C4H7FN4. The number of hydrogen-bond donors (Lipinski definition) is 1. The minimum Gasteiger partial charge on any atom is -0.366 e. The molecule has 1 aromatic rings. The Balaban J connectivity index is 3.01. The van der Waals surface area contributed by atoms with E-state index in [-0.39, 0.29) is 11.8 Å². The lowest BCUT2D eigenvalue weighted by atomic mass is 10.7. The molecule has 0 aliphatic rings. The van der Waals surface area contributed by atoms with Gasteiger partial charge in [0.25, 0.3) is 0 Å². The summed E-state index contributed by atoms with van der Waals surface area (Å²) in [7, 11) is 1.60. The molecule has 50 valence electrons. The molecule has 0 aromatic carbocycles. The zero-order valence-electron chi connectivity index (χ0n) is 5.00. The van der Waals surface area contributed by atoms with Crippen molar-refractivity contribution < 1.29 is 4.39 Å². The monoisotopic (exact) mass is 130 g/mol. The predicted octanol–water partition coefficient (Wildman–Crippen LogP) is -0.133. The standard InChI is InChI=1S/C4H7FN4/c1-9-3(2-5)7-4(6)8-9/h2H2,1H3,(H2,6,8). The molecule has 1 heterocycles. The number of rotatable bonds is 1. The van der Waals surface area contributed by atoms with Crippen molar-refractivity contribution in [3.8, 4) is 0 Å². The van der Waals surface area contributed by atoms with Crippen LogP contribution in [0, 0.1) is 0 Å². The van der Waals surface area contributed by atoms with Crippen LogP contribution in [-0.4, -0.2) is 14.8 Å². The molecule has 0 unspecified atom stereocenters. The average Bonchev–Trinajstić information content (AvgIpc) is 2.10. The van der Waals surface area contributed by atoms with Gasteiger partial charge >= 0.3 is 0 Å². The zero-order chi connectivity index (χ0) is 6.85. The first-order valence-corrected chi connectivity index (χ1v) is 2.45. The largest absolute Gasteiger partial charge is 0.366 e. The highest BCUT2D eigenvalue weighted by atomic mass is 19.1. The Kier molecular flexibility index (Phi) is 1.33. The Hall–Kier alpha value is -1.13. The van der Waals surface area contributed by atoms with E-state index in [1.807, 2.05) is 0 Å². The van der Waals surface area contributed by atoms with Gasteiger partial charge in [0.2, 0.25) is 5.95 Å². The predicted molar refractivity (Wildman–Crippen MR) is 30.2 cm³/mol. The summed E-state index contributed by atoms with van der Waals surface area (Å²) in [4.78, 5) is 3.58. The first-order valence-electron chi connectivity index (χ1n) is 2.45. The summed E-state index contributed by atoms with van der Waals surface area (Å²) < 4.78 is 13.1. The van der Waals surface area contributed by atoms with Crippen LogP contribution in [0.2, 0.25) is 0 Å². The molecule has 0 amide bonds. The van der Waals surface area contributed by atoms with Crippen LogP contribution in [-0.2, 0) is 13.7 Å². The molecule has 0 saturated carbocycles. The zero-order valence-corrected chi connectivity index (χ0v) is 5.00. The van der Waals surface area contributed by atoms with Crippen LogP contribution in [0.4, 0.5) is 10.3 Å². The van der Waals surface area contributed by atoms with Gasteiger partial charge in [0.1, 0.15) is 6.67 Å². The third kappa shape index (κ3) is 0.984. The van der Waals surface area contributed by atoms with Crippen LogP contribution in [0.1, 0.15) is 5.82 Å². The second-order valence-corrected chi connectivity index (χ2v) is 1.64. The second-order valence-electron chi connectivity index (χ2n) is 1.64. The number of aromatic nitrogens is 3. The molecule has 1 aromatic heterocycles. The summed E-state index contributed by atoms with van der Waals surface area (Å²) in [6, 6.07) is 0. The molecule has 1 rings (SSSR count). The molecule has 0 fully saturated rings. The maximum atomic E-state index is 11.8. The van der Waals surface area contributed by atoms with Crippen LogP contribution in [0.25, 0.3) is 0 Å². The van der Waals surface area contributed by atoms with Gasteiger partial charge in [0, 0.05) is 7.05 Å². The van der Waals surface area contributed by atoms with Crippen LogP contribution in [0.5, 0.6) is 0 Å². The topological polar surface area (TPSA) is 56.7 Å². The van der Waals surface area contributed by atoms with Gasteiger partial charge in [-0.25, -0.2) is 9.07 Å². The van der Waals surface area contributed by atoms with E-state index in [2.05, 4.69) is 10.1 Å². The van der Waals surface area contributed by atoms with Gasteiger partial charge < -0.3 is 5.73 Å². The second kappa shape index (κ2) is 2.00. The van der Waals surface area contributed by atoms with Gasteiger partial charge in [-0.05, 0) is 0 Å². The van der Waals surface area contributed by atoms with Gasteiger partial charge in [-0.2, -0.15) is 4.98 Å². The van der Waals surface area contributed by atoms with Gasteiger partial charge in [-0.1, -0.05) is 0 Å². The number of nitrogens with zero attached hydrogens (tertiary/aromatic N) is 3. The summed E-state index contributed by atoms with van der Waals surface area (Å²) >= 11 is 0. The minimum absolute atomic E-state index is 0.116. The lowest BCUT2D eigenvalue weighted by Crippen LogP contribution is -1.96. The van der Waals surface area contributed by atoms with Crippen LogP contribution < -0.4 is 5.73 Å². The summed E-state index contributed by atoms with van der Waals surface area (Å²) in [6.07, 6.45) is 0. The van der Waals surface area contributed by atoms with Crippen molar-refractivity contribution in [3.63, 3.8) is 0 Å². The van der Waals surface area contributed by atoms with Gasteiger partial charge in [0.05, 0.1) is 0 Å². The molecule has 0 saturated heterocycles. The van der Waals surface area contributed by atoms with Crippen molar-refractivity contribution >= 4 is 5.95 Å². The fourth-order valence-electron chi connectivity index (χ4n) is 0.555.